The highest BCUT2D eigenvalue weighted by atomic mass is 35.5. The minimum Gasteiger partial charge on any atom is -0.129 e. The van der Waals surface area contributed by atoms with E-state index in [1.54, 1.807) is 11.8 Å². The summed E-state index contributed by atoms with van der Waals surface area (Å²) in [6.45, 7) is 0. The predicted molar refractivity (Wildman–Crippen MR) is 104 cm³/mol. The molecule has 0 spiro atoms. The summed E-state index contributed by atoms with van der Waals surface area (Å²) in [7, 11) is 0. The van der Waals surface area contributed by atoms with Crippen LogP contribution in [-0.4, -0.2) is 6.26 Å². The van der Waals surface area contributed by atoms with Gasteiger partial charge in [0.15, 0.2) is 0 Å². The minimum atomic E-state index is 0.800. The summed E-state index contributed by atoms with van der Waals surface area (Å²) in [5, 5.41) is 5.75. The van der Waals surface area contributed by atoms with E-state index in [-0.39, 0.29) is 0 Å². The summed E-state index contributed by atoms with van der Waals surface area (Å²) >= 11 is 8.36. The van der Waals surface area contributed by atoms with Crippen LogP contribution in [0.3, 0.4) is 0 Å². The number of rotatable bonds is 2. The molecule has 0 saturated carbocycles. The molecule has 0 radical (unpaired) electrons. The first-order valence-electron chi connectivity index (χ1n) is 7.52. The van der Waals surface area contributed by atoms with Crippen LogP contribution < -0.4 is 0 Å². The van der Waals surface area contributed by atoms with Gasteiger partial charge in [0.2, 0.25) is 0 Å². The van der Waals surface area contributed by atoms with Gasteiger partial charge < -0.3 is 0 Å². The first-order valence-corrected chi connectivity index (χ1v) is 9.12. The second kappa shape index (κ2) is 5.92. The number of fused-ring (bicyclic) bond motifs is 3. The lowest BCUT2D eigenvalue weighted by Gasteiger charge is -2.12. The fraction of sp³-hybridized carbons (Fsp3) is 0.0476. The maximum absolute atomic E-state index is 6.61. The van der Waals surface area contributed by atoms with Crippen LogP contribution in [0.1, 0.15) is 0 Å². The number of benzene rings is 4. The van der Waals surface area contributed by atoms with Crippen molar-refractivity contribution in [2.75, 3.05) is 6.26 Å². The predicted octanol–water partition coefficient (Wildman–Crippen LogP) is 7.04. The van der Waals surface area contributed by atoms with Crippen LogP contribution in [0.25, 0.3) is 32.7 Å². The Morgan fingerprint density at radius 3 is 2.30 bits per heavy atom. The standard InChI is InChI=1S/C21H15ClS/c1-23-21-9-5-4-8-17(21)19-13-18-15(12-20(19)22)11-10-14-6-2-3-7-16(14)18/h2-13H,1H3. The Balaban J connectivity index is 2.08. The van der Waals surface area contributed by atoms with Crippen LogP contribution in [0.15, 0.2) is 77.7 Å². The molecule has 0 heterocycles. The highest BCUT2D eigenvalue weighted by Crippen LogP contribution is 2.38. The number of halogens is 1. The molecule has 0 aliphatic carbocycles. The van der Waals surface area contributed by atoms with Crippen LogP contribution in [-0.2, 0) is 0 Å². The third kappa shape index (κ3) is 2.50. The highest BCUT2D eigenvalue weighted by molar-refractivity contribution is 7.98. The Kier molecular flexibility index (Phi) is 3.76. The monoisotopic (exact) mass is 334 g/mol. The zero-order valence-electron chi connectivity index (χ0n) is 12.7. The molecule has 0 bridgehead atoms. The van der Waals surface area contributed by atoms with E-state index in [0.717, 1.165) is 10.6 Å². The maximum Gasteiger partial charge on any atom is 0.0491 e. The van der Waals surface area contributed by atoms with Crippen LogP contribution in [0.2, 0.25) is 5.02 Å². The van der Waals surface area contributed by atoms with Crippen molar-refractivity contribution in [2.24, 2.45) is 0 Å². The molecule has 0 atom stereocenters. The van der Waals surface area contributed by atoms with Gasteiger partial charge in [0.05, 0.1) is 0 Å². The summed E-state index contributed by atoms with van der Waals surface area (Å²) in [6, 6.07) is 25.5. The van der Waals surface area contributed by atoms with Crippen molar-refractivity contribution in [3.8, 4) is 11.1 Å². The topological polar surface area (TPSA) is 0 Å². The molecule has 4 aromatic carbocycles. The molecule has 0 N–H and O–H groups in total. The lowest BCUT2D eigenvalue weighted by atomic mass is 9.97. The highest BCUT2D eigenvalue weighted by Gasteiger charge is 2.11. The lowest BCUT2D eigenvalue weighted by Crippen LogP contribution is -1.85. The van der Waals surface area contributed by atoms with Gasteiger partial charge in [-0.15, -0.1) is 11.8 Å². The summed E-state index contributed by atoms with van der Waals surface area (Å²) < 4.78 is 0. The van der Waals surface area contributed by atoms with E-state index in [1.807, 2.05) is 0 Å². The fourth-order valence-corrected chi connectivity index (χ4v) is 3.99. The van der Waals surface area contributed by atoms with Gasteiger partial charge >= 0.3 is 0 Å². The van der Waals surface area contributed by atoms with Crippen molar-refractivity contribution in [3.63, 3.8) is 0 Å². The first-order chi connectivity index (χ1) is 11.3. The Morgan fingerprint density at radius 1 is 0.696 bits per heavy atom. The molecule has 4 rings (SSSR count). The molecule has 0 saturated heterocycles. The van der Waals surface area contributed by atoms with Gasteiger partial charge in [-0.3, -0.25) is 0 Å². The summed E-state index contributed by atoms with van der Waals surface area (Å²) in [5.74, 6) is 0. The summed E-state index contributed by atoms with van der Waals surface area (Å²) in [6.07, 6.45) is 2.10. The van der Waals surface area contributed by atoms with Crippen molar-refractivity contribution < 1.29 is 0 Å². The number of thioether (sulfide) groups is 1. The summed E-state index contributed by atoms with van der Waals surface area (Å²) in [5.41, 5.74) is 2.29. The van der Waals surface area contributed by atoms with Crippen LogP contribution in [0.5, 0.6) is 0 Å². The SMILES string of the molecule is CSc1ccccc1-c1cc2c(ccc3ccccc32)cc1Cl. The normalized spacial score (nSPS) is 11.2. The average molecular weight is 335 g/mol. The van der Waals surface area contributed by atoms with Crippen molar-refractivity contribution in [2.45, 2.75) is 4.90 Å². The lowest BCUT2D eigenvalue weighted by molar-refractivity contribution is 1.45. The third-order valence-electron chi connectivity index (χ3n) is 4.23. The van der Waals surface area contributed by atoms with Gasteiger partial charge in [0, 0.05) is 15.5 Å². The van der Waals surface area contributed by atoms with E-state index in [1.165, 1.54) is 32.0 Å². The van der Waals surface area contributed by atoms with E-state index in [2.05, 4.69) is 79.1 Å². The van der Waals surface area contributed by atoms with Gasteiger partial charge in [-0.1, -0.05) is 66.2 Å². The Hall–Kier alpha value is -1.96. The van der Waals surface area contributed by atoms with Crippen molar-refractivity contribution >= 4 is 44.9 Å². The largest absolute Gasteiger partial charge is 0.129 e. The molecule has 0 amide bonds. The zero-order valence-corrected chi connectivity index (χ0v) is 14.3. The molecular weight excluding hydrogens is 320 g/mol. The molecule has 0 fully saturated rings. The number of hydrogen-bond acceptors (Lipinski definition) is 1. The molecular formula is C21H15ClS. The fourth-order valence-electron chi connectivity index (χ4n) is 3.10. The summed E-state index contributed by atoms with van der Waals surface area (Å²) in [4.78, 5) is 1.24. The maximum atomic E-state index is 6.61. The van der Waals surface area contributed by atoms with Gasteiger partial charge in [0.1, 0.15) is 0 Å². The van der Waals surface area contributed by atoms with Crippen molar-refractivity contribution in [1.82, 2.24) is 0 Å². The Labute approximate surface area is 145 Å². The van der Waals surface area contributed by atoms with Gasteiger partial charge in [-0.25, -0.2) is 0 Å². The first kappa shape index (κ1) is 14.6. The molecule has 0 aromatic heterocycles. The molecule has 112 valence electrons. The van der Waals surface area contributed by atoms with E-state index >= 15 is 0 Å². The van der Waals surface area contributed by atoms with Gasteiger partial charge in [-0.05, 0) is 51.6 Å². The van der Waals surface area contributed by atoms with E-state index < -0.39 is 0 Å². The molecule has 0 nitrogen and oxygen atoms in total. The molecule has 0 unspecified atom stereocenters. The van der Waals surface area contributed by atoms with Gasteiger partial charge in [0.25, 0.3) is 0 Å². The third-order valence-corrected chi connectivity index (χ3v) is 5.34. The molecule has 0 aliphatic heterocycles. The second-order valence-corrected chi connectivity index (χ2v) is 6.80. The van der Waals surface area contributed by atoms with E-state index in [0.29, 0.717) is 0 Å². The Bertz CT molecular complexity index is 1020. The van der Waals surface area contributed by atoms with E-state index in [4.69, 9.17) is 11.6 Å². The van der Waals surface area contributed by atoms with Crippen LogP contribution >= 0.6 is 23.4 Å². The van der Waals surface area contributed by atoms with E-state index in [9.17, 15) is 0 Å². The smallest absolute Gasteiger partial charge is 0.0491 e. The van der Waals surface area contributed by atoms with Crippen LogP contribution in [0, 0.1) is 0 Å². The van der Waals surface area contributed by atoms with Crippen molar-refractivity contribution in [1.29, 1.82) is 0 Å². The second-order valence-electron chi connectivity index (χ2n) is 5.54. The van der Waals surface area contributed by atoms with Gasteiger partial charge in [-0.2, -0.15) is 0 Å². The van der Waals surface area contributed by atoms with Crippen molar-refractivity contribution in [3.05, 3.63) is 77.8 Å². The van der Waals surface area contributed by atoms with Crippen LogP contribution in [0.4, 0.5) is 0 Å². The zero-order chi connectivity index (χ0) is 15.8. The molecule has 2 heteroatoms. The minimum absolute atomic E-state index is 0.800. The average Bonchev–Trinajstić information content (AvgIpc) is 2.61. The number of hydrogen-bond donors (Lipinski definition) is 0. The molecule has 0 aliphatic rings. The Morgan fingerprint density at radius 2 is 1.43 bits per heavy atom. The molecule has 23 heavy (non-hydrogen) atoms. The quantitative estimate of drug-likeness (QED) is 0.280. The molecule has 4 aromatic rings.